The highest BCUT2D eigenvalue weighted by molar-refractivity contribution is 5.89. The van der Waals surface area contributed by atoms with Gasteiger partial charge in [0.2, 0.25) is 5.88 Å². The number of amides is 2. The summed E-state index contributed by atoms with van der Waals surface area (Å²) in [4.78, 5) is 12.0. The first-order chi connectivity index (χ1) is 14.6. The van der Waals surface area contributed by atoms with Crippen LogP contribution in [0.1, 0.15) is 5.56 Å². The second kappa shape index (κ2) is 10.1. The lowest BCUT2D eigenvalue weighted by atomic mass is 10.1. The van der Waals surface area contributed by atoms with E-state index in [1.165, 1.54) is 12.7 Å². The van der Waals surface area contributed by atoms with Gasteiger partial charge in [-0.05, 0) is 25.1 Å². The summed E-state index contributed by atoms with van der Waals surface area (Å²) < 4.78 is 15.9. The third-order valence-corrected chi connectivity index (χ3v) is 4.27. The zero-order valence-corrected chi connectivity index (χ0v) is 17.1. The second-order valence-electron chi connectivity index (χ2n) is 6.42. The number of ether oxygens (including phenoxy) is 3. The second-order valence-corrected chi connectivity index (χ2v) is 6.42. The fraction of sp³-hybridized carbons (Fsp3) is 0.227. The van der Waals surface area contributed by atoms with Gasteiger partial charge < -0.3 is 24.8 Å². The molecule has 8 heteroatoms. The van der Waals surface area contributed by atoms with E-state index in [4.69, 9.17) is 14.2 Å². The number of urea groups is 1. The van der Waals surface area contributed by atoms with Crippen molar-refractivity contribution < 1.29 is 19.0 Å². The van der Waals surface area contributed by atoms with E-state index in [2.05, 4.69) is 20.8 Å². The maximum atomic E-state index is 12.0. The Hall–Kier alpha value is -3.81. The highest BCUT2D eigenvalue weighted by atomic mass is 16.5. The summed E-state index contributed by atoms with van der Waals surface area (Å²) in [5.41, 5.74) is 3.54. The molecule has 0 aliphatic heterocycles. The third kappa shape index (κ3) is 5.60. The molecule has 0 atom stereocenters. The van der Waals surface area contributed by atoms with Crippen LogP contribution in [0.25, 0.3) is 11.3 Å². The monoisotopic (exact) mass is 408 g/mol. The molecule has 30 heavy (non-hydrogen) atoms. The van der Waals surface area contributed by atoms with Crippen LogP contribution in [0.4, 0.5) is 10.5 Å². The predicted molar refractivity (Wildman–Crippen MR) is 114 cm³/mol. The fourth-order valence-electron chi connectivity index (χ4n) is 2.68. The summed E-state index contributed by atoms with van der Waals surface area (Å²) in [5.74, 6) is 1.52. The number of nitrogens with one attached hydrogen (secondary N) is 2. The Kier molecular flexibility index (Phi) is 7.05. The van der Waals surface area contributed by atoms with Gasteiger partial charge in [-0.3, -0.25) is 0 Å². The molecular formula is C22H24N4O4. The van der Waals surface area contributed by atoms with Crippen LogP contribution < -0.4 is 24.8 Å². The lowest BCUT2D eigenvalue weighted by molar-refractivity contribution is 0.246. The fourth-order valence-corrected chi connectivity index (χ4v) is 2.68. The van der Waals surface area contributed by atoms with Crippen LogP contribution in [0.5, 0.6) is 17.4 Å². The predicted octanol–water partition coefficient (Wildman–Crippen LogP) is 3.67. The number of rotatable bonds is 8. The molecule has 1 aromatic heterocycles. The van der Waals surface area contributed by atoms with Crippen LogP contribution in [0.2, 0.25) is 0 Å². The largest absolute Gasteiger partial charge is 0.493 e. The van der Waals surface area contributed by atoms with E-state index < -0.39 is 0 Å². The molecule has 0 unspecified atom stereocenters. The molecular weight excluding hydrogens is 384 g/mol. The lowest BCUT2D eigenvalue weighted by Gasteiger charge is -2.11. The molecule has 8 nitrogen and oxygen atoms in total. The molecule has 0 aliphatic rings. The van der Waals surface area contributed by atoms with Gasteiger partial charge in [0, 0.05) is 23.4 Å². The number of nitrogens with zero attached hydrogens (tertiary/aromatic N) is 2. The summed E-state index contributed by atoms with van der Waals surface area (Å²) in [7, 11) is 3.09. The smallest absolute Gasteiger partial charge is 0.319 e. The van der Waals surface area contributed by atoms with E-state index >= 15 is 0 Å². The number of methoxy groups -OCH3 is 2. The first kappa shape index (κ1) is 20.9. The minimum atomic E-state index is -0.355. The molecule has 156 valence electrons. The third-order valence-electron chi connectivity index (χ3n) is 4.27. The molecule has 0 saturated carbocycles. The lowest BCUT2D eigenvalue weighted by Crippen LogP contribution is -2.32. The molecule has 1 heterocycles. The molecule has 0 spiro atoms. The molecule has 0 bridgehead atoms. The Bertz CT molecular complexity index is 975. The molecule has 2 amide bonds. The molecule has 0 fully saturated rings. The number of benzene rings is 2. The Morgan fingerprint density at radius 1 is 0.933 bits per heavy atom. The van der Waals surface area contributed by atoms with Crippen molar-refractivity contribution in [1.29, 1.82) is 0 Å². The standard InChI is InChI=1S/C22H24N4O4/c1-15-4-6-16(7-5-15)18-9-11-21(26-25-18)30-13-12-23-22(27)24-17-8-10-19(28-2)20(14-17)29-3/h4-11,14H,12-13H2,1-3H3,(H2,23,24,27). The van der Waals surface area contributed by atoms with Gasteiger partial charge in [-0.25, -0.2) is 4.79 Å². The van der Waals surface area contributed by atoms with Crippen LogP contribution in [0, 0.1) is 6.92 Å². The number of carbonyl (C=O) groups excluding carboxylic acids is 1. The van der Waals surface area contributed by atoms with Crippen molar-refractivity contribution in [3.63, 3.8) is 0 Å². The van der Waals surface area contributed by atoms with Gasteiger partial charge in [0.05, 0.1) is 26.5 Å². The minimum Gasteiger partial charge on any atom is -0.493 e. The molecule has 0 aliphatic carbocycles. The van der Waals surface area contributed by atoms with E-state index in [9.17, 15) is 4.79 Å². The number of aryl methyl sites for hydroxylation is 1. The van der Waals surface area contributed by atoms with E-state index in [0.717, 1.165) is 11.3 Å². The molecule has 2 aromatic carbocycles. The summed E-state index contributed by atoms with van der Waals surface area (Å²) in [6.07, 6.45) is 0. The SMILES string of the molecule is COc1ccc(NC(=O)NCCOc2ccc(-c3ccc(C)cc3)nn2)cc1OC. The molecule has 3 rings (SSSR count). The van der Waals surface area contributed by atoms with E-state index in [0.29, 0.717) is 29.6 Å². The summed E-state index contributed by atoms with van der Waals surface area (Å²) >= 11 is 0. The average molecular weight is 408 g/mol. The Morgan fingerprint density at radius 2 is 1.70 bits per heavy atom. The quantitative estimate of drug-likeness (QED) is 0.552. The first-order valence-corrected chi connectivity index (χ1v) is 9.39. The highest BCUT2D eigenvalue weighted by Crippen LogP contribution is 2.29. The van der Waals surface area contributed by atoms with Gasteiger partial charge in [-0.1, -0.05) is 29.8 Å². The van der Waals surface area contributed by atoms with Crippen LogP contribution in [-0.4, -0.2) is 43.6 Å². The number of anilines is 1. The number of hydrogen-bond acceptors (Lipinski definition) is 6. The summed E-state index contributed by atoms with van der Waals surface area (Å²) in [5, 5.41) is 13.7. The molecule has 0 saturated heterocycles. The first-order valence-electron chi connectivity index (χ1n) is 9.39. The topological polar surface area (TPSA) is 94.6 Å². The van der Waals surface area contributed by atoms with Crippen molar-refractivity contribution in [2.75, 3.05) is 32.7 Å². The van der Waals surface area contributed by atoms with Crippen LogP contribution in [0.15, 0.2) is 54.6 Å². The van der Waals surface area contributed by atoms with Crippen LogP contribution in [0.3, 0.4) is 0 Å². The number of carbonyl (C=O) groups is 1. The average Bonchev–Trinajstić information content (AvgIpc) is 2.77. The van der Waals surface area contributed by atoms with Crippen molar-refractivity contribution in [3.8, 4) is 28.6 Å². The van der Waals surface area contributed by atoms with Gasteiger partial charge >= 0.3 is 6.03 Å². The maximum absolute atomic E-state index is 12.0. The van der Waals surface area contributed by atoms with E-state index in [-0.39, 0.29) is 12.6 Å². The summed E-state index contributed by atoms with van der Waals surface area (Å²) in [6, 6.07) is 16.4. The zero-order valence-electron chi connectivity index (χ0n) is 17.1. The molecule has 3 aromatic rings. The van der Waals surface area contributed by atoms with Gasteiger partial charge in [-0.15, -0.1) is 10.2 Å². The van der Waals surface area contributed by atoms with Crippen molar-refractivity contribution >= 4 is 11.7 Å². The van der Waals surface area contributed by atoms with Crippen LogP contribution in [-0.2, 0) is 0 Å². The zero-order chi connectivity index (χ0) is 21.3. The van der Waals surface area contributed by atoms with Gasteiger partial charge in [0.15, 0.2) is 11.5 Å². The number of aromatic nitrogens is 2. The van der Waals surface area contributed by atoms with Gasteiger partial charge in [0.25, 0.3) is 0 Å². The van der Waals surface area contributed by atoms with E-state index in [1.807, 2.05) is 37.3 Å². The van der Waals surface area contributed by atoms with Crippen molar-refractivity contribution in [1.82, 2.24) is 15.5 Å². The van der Waals surface area contributed by atoms with Gasteiger partial charge in [-0.2, -0.15) is 0 Å². The molecule has 2 N–H and O–H groups in total. The normalized spacial score (nSPS) is 10.2. The Labute approximate surface area is 175 Å². The highest BCUT2D eigenvalue weighted by Gasteiger charge is 2.07. The minimum absolute atomic E-state index is 0.262. The van der Waals surface area contributed by atoms with Crippen molar-refractivity contribution in [3.05, 3.63) is 60.2 Å². The number of hydrogen-bond donors (Lipinski definition) is 2. The van der Waals surface area contributed by atoms with Crippen molar-refractivity contribution in [2.24, 2.45) is 0 Å². The van der Waals surface area contributed by atoms with Gasteiger partial charge in [0.1, 0.15) is 6.61 Å². The van der Waals surface area contributed by atoms with E-state index in [1.54, 1.807) is 31.4 Å². The summed E-state index contributed by atoms with van der Waals surface area (Å²) in [6.45, 7) is 2.60. The Morgan fingerprint density at radius 3 is 2.37 bits per heavy atom. The van der Waals surface area contributed by atoms with Crippen molar-refractivity contribution in [2.45, 2.75) is 6.92 Å². The maximum Gasteiger partial charge on any atom is 0.319 e. The Balaban J connectivity index is 1.43. The molecule has 0 radical (unpaired) electrons. The van der Waals surface area contributed by atoms with Crippen LogP contribution >= 0.6 is 0 Å².